The van der Waals surface area contributed by atoms with Crippen molar-refractivity contribution in [1.29, 1.82) is 0 Å². The Hall–Kier alpha value is -1.70. The van der Waals surface area contributed by atoms with Crippen LogP contribution >= 0.6 is 0 Å². The maximum absolute atomic E-state index is 11.1. The van der Waals surface area contributed by atoms with Gasteiger partial charge in [0.15, 0.2) is 0 Å². The van der Waals surface area contributed by atoms with Crippen LogP contribution in [0.1, 0.15) is 32.8 Å². The summed E-state index contributed by atoms with van der Waals surface area (Å²) in [5.74, 6) is 1.15. The SMILES string of the molecule is C=CC(=O)OCCC[Si]1(C)OCc2cc(OCC[Si](OCC)(OCC)OCC)ccc2O1. The van der Waals surface area contributed by atoms with Crippen LogP contribution in [0.25, 0.3) is 0 Å². The molecule has 1 atom stereocenters. The third kappa shape index (κ3) is 8.02. The summed E-state index contributed by atoms with van der Waals surface area (Å²) in [6, 6.07) is 7.08. The average Bonchev–Trinajstić information content (AvgIpc) is 2.77. The Morgan fingerprint density at radius 2 is 1.84 bits per heavy atom. The van der Waals surface area contributed by atoms with Gasteiger partial charge in [-0.2, -0.15) is 0 Å². The first kappa shape index (κ1) is 26.6. The molecular weight excluding hydrogens is 448 g/mol. The molecule has 1 aliphatic rings. The van der Waals surface area contributed by atoms with Crippen LogP contribution in [-0.4, -0.2) is 56.4 Å². The van der Waals surface area contributed by atoms with Crippen molar-refractivity contribution in [1.82, 2.24) is 0 Å². The Kier molecular flexibility index (Phi) is 10.9. The minimum atomic E-state index is -2.73. The highest BCUT2D eigenvalue weighted by atomic mass is 28.4. The highest BCUT2D eigenvalue weighted by Gasteiger charge is 2.40. The van der Waals surface area contributed by atoms with E-state index < -0.39 is 23.3 Å². The van der Waals surface area contributed by atoms with E-state index in [0.29, 0.717) is 52.1 Å². The summed E-state index contributed by atoms with van der Waals surface area (Å²) in [6.45, 7) is 14.1. The number of fused-ring (bicyclic) bond motifs is 1. The molecule has 0 spiro atoms. The standard InChI is InChI=1S/C22H36O8Si2/c1-6-22(23)25-13-10-15-31(5)29-18-19-17-20(11-12-21(19)30-31)24-14-16-32(26-7-2,27-8-3)28-9-4/h6,11-12,17H,1,7-10,13-16,18H2,2-5H3. The molecule has 32 heavy (non-hydrogen) atoms. The first-order valence-corrected chi connectivity index (χ1v) is 15.6. The van der Waals surface area contributed by atoms with Gasteiger partial charge < -0.3 is 31.6 Å². The number of hydrogen-bond acceptors (Lipinski definition) is 8. The molecule has 0 fully saturated rings. The van der Waals surface area contributed by atoms with Crippen molar-refractivity contribution in [3.63, 3.8) is 0 Å². The molecule has 0 saturated carbocycles. The second-order valence-corrected chi connectivity index (χ2v) is 13.3. The summed E-state index contributed by atoms with van der Waals surface area (Å²) < 4.78 is 40.9. The molecule has 1 heterocycles. The van der Waals surface area contributed by atoms with Crippen LogP contribution in [0.2, 0.25) is 18.6 Å². The molecule has 2 rings (SSSR count). The maximum atomic E-state index is 11.1. The second-order valence-electron chi connectivity index (χ2n) is 7.35. The number of ether oxygens (including phenoxy) is 2. The molecule has 0 bridgehead atoms. The van der Waals surface area contributed by atoms with E-state index in [4.69, 9.17) is 31.6 Å². The lowest BCUT2D eigenvalue weighted by Gasteiger charge is -2.33. The minimum absolute atomic E-state index is 0.329. The van der Waals surface area contributed by atoms with Crippen molar-refractivity contribution in [2.45, 2.75) is 52.4 Å². The number of esters is 1. The minimum Gasteiger partial charge on any atom is -0.520 e. The monoisotopic (exact) mass is 484 g/mol. The first-order chi connectivity index (χ1) is 15.4. The molecule has 8 nitrogen and oxygen atoms in total. The Labute approximate surface area is 193 Å². The largest absolute Gasteiger partial charge is 0.520 e. The van der Waals surface area contributed by atoms with Gasteiger partial charge in [0.1, 0.15) is 11.5 Å². The Morgan fingerprint density at radius 3 is 2.47 bits per heavy atom. The molecule has 1 aromatic carbocycles. The van der Waals surface area contributed by atoms with E-state index in [1.807, 2.05) is 45.5 Å². The zero-order valence-electron chi connectivity index (χ0n) is 19.6. The van der Waals surface area contributed by atoms with Crippen molar-refractivity contribution in [3.8, 4) is 11.5 Å². The molecule has 0 amide bonds. The van der Waals surface area contributed by atoms with Crippen molar-refractivity contribution < 1.29 is 36.4 Å². The number of hydrogen-bond donors (Lipinski definition) is 0. The second kappa shape index (κ2) is 13.1. The third-order valence-electron chi connectivity index (χ3n) is 4.85. The highest BCUT2D eigenvalue weighted by Crippen LogP contribution is 2.34. The van der Waals surface area contributed by atoms with Crippen LogP contribution in [0, 0.1) is 0 Å². The molecule has 1 unspecified atom stereocenters. The molecule has 180 valence electrons. The fraction of sp³-hybridized carbons (Fsp3) is 0.591. The van der Waals surface area contributed by atoms with E-state index in [1.165, 1.54) is 0 Å². The zero-order chi connectivity index (χ0) is 23.5. The molecule has 0 aliphatic carbocycles. The molecule has 10 heteroatoms. The molecule has 0 N–H and O–H groups in total. The van der Waals surface area contributed by atoms with Gasteiger partial charge in [0.05, 0.1) is 25.9 Å². The lowest BCUT2D eigenvalue weighted by atomic mass is 10.2. The highest BCUT2D eigenvalue weighted by molar-refractivity contribution is 6.67. The van der Waals surface area contributed by atoms with Gasteiger partial charge in [0, 0.05) is 37.5 Å². The predicted octanol–water partition coefficient (Wildman–Crippen LogP) is 4.21. The number of carbonyl (C=O) groups is 1. The van der Waals surface area contributed by atoms with E-state index in [-0.39, 0.29) is 0 Å². The van der Waals surface area contributed by atoms with Crippen molar-refractivity contribution in [3.05, 3.63) is 36.4 Å². The topological polar surface area (TPSA) is 81.7 Å². The normalized spacial score (nSPS) is 17.9. The van der Waals surface area contributed by atoms with E-state index in [2.05, 4.69) is 6.58 Å². The van der Waals surface area contributed by atoms with Gasteiger partial charge in [-0.25, -0.2) is 4.79 Å². The fourth-order valence-corrected chi connectivity index (χ4v) is 7.97. The fourth-order valence-electron chi connectivity index (χ4n) is 3.39. The van der Waals surface area contributed by atoms with Crippen molar-refractivity contribution >= 4 is 23.3 Å². The Morgan fingerprint density at radius 1 is 1.16 bits per heavy atom. The summed E-state index contributed by atoms with van der Waals surface area (Å²) in [5.41, 5.74) is 0.952. The van der Waals surface area contributed by atoms with E-state index >= 15 is 0 Å². The predicted molar refractivity (Wildman–Crippen MR) is 125 cm³/mol. The molecule has 0 saturated heterocycles. The molecule has 1 aromatic rings. The zero-order valence-corrected chi connectivity index (χ0v) is 21.6. The van der Waals surface area contributed by atoms with Crippen LogP contribution in [0.4, 0.5) is 0 Å². The number of benzene rings is 1. The summed E-state index contributed by atoms with van der Waals surface area (Å²) in [5, 5.41) is 0. The van der Waals surface area contributed by atoms with Crippen LogP contribution in [0.15, 0.2) is 30.9 Å². The molecule has 0 aromatic heterocycles. The summed E-state index contributed by atoms with van der Waals surface area (Å²) in [7, 11) is -5.10. The summed E-state index contributed by atoms with van der Waals surface area (Å²) in [4.78, 5) is 11.1. The van der Waals surface area contributed by atoms with E-state index in [9.17, 15) is 4.79 Å². The van der Waals surface area contributed by atoms with Crippen LogP contribution in [0.3, 0.4) is 0 Å². The lowest BCUT2D eigenvalue weighted by molar-refractivity contribution is -0.137. The first-order valence-electron chi connectivity index (χ1n) is 11.2. The van der Waals surface area contributed by atoms with Gasteiger partial charge in [-0.1, -0.05) is 6.58 Å². The van der Waals surface area contributed by atoms with E-state index in [1.54, 1.807) is 0 Å². The number of rotatable bonds is 15. The van der Waals surface area contributed by atoms with Gasteiger partial charge in [0.25, 0.3) is 0 Å². The lowest BCUT2D eigenvalue weighted by Crippen LogP contribution is -2.47. The van der Waals surface area contributed by atoms with Gasteiger partial charge >= 0.3 is 23.3 Å². The summed E-state index contributed by atoms with van der Waals surface area (Å²) in [6.07, 6.45) is 1.85. The summed E-state index contributed by atoms with van der Waals surface area (Å²) >= 11 is 0. The third-order valence-corrected chi connectivity index (χ3v) is 10.5. The van der Waals surface area contributed by atoms with Gasteiger partial charge in [-0.05, 0) is 51.9 Å². The van der Waals surface area contributed by atoms with Crippen LogP contribution in [0.5, 0.6) is 11.5 Å². The Bertz CT molecular complexity index is 728. The van der Waals surface area contributed by atoms with E-state index in [0.717, 1.165) is 29.2 Å². The maximum Gasteiger partial charge on any atom is 0.504 e. The quantitative estimate of drug-likeness (QED) is 0.158. The molecule has 0 radical (unpaired) electrons. The van der Waals surface area contributed by atoms with Gasteiger partial charge in [0.2, 0.25) is 0 Å². The Balaban J connectivity index is 1.89. The van der Waals surface area contributed by atoms with Crippen molar-refractivity contribution in [2.75, 3.05) is 33.0 Å². The smallest absolute Gasteiger partial charge is 0.504 e. The average molecular weight is 485 g/mol. The van der Waals surface area contributed by atoms with Gasteiger partial charge in [-0.3, -0.25) is 0 Å². The van der Waals surface area contributed by atoms with Crippen LogP contribution < -0.4 is 9.16 Å². The molecule has 1 aliphatic heterocycles. The number of carbonyl (C=O) groups excluding carboxylic acids is 1. The van der Waals surface area contributed by atoms with Gasteiger partial charge in [-0.15, -0.1) is 0 Å². The molecular formula is C22H36O8Si2. The van der Waals surface area contributed by atoms with Crippen molar-refractivity contribution in [2.24, 2.45) is 0 Å². The van der Waals surface area contributed by atoms with Crippen LogP contribution in [-0.2, 0) is 33.8 Å².